The Morgan fingerprint density at radius 3 is 2.38 bits per heavy atom. The predicted octanol–water partition coefficient (Wildman–Crippen LogP) is 1.98. The quantitative estimate of drug-likeness (QED) is 0.455. The molecule has 0 radical (unpaired) electrons. The van der Waals surface area contributed by atoms with Gasteiger partial charge in [0.2, 0.25) is 0 Å². The van der Waals surface area contributed by atoms with Crippen molar-refractivity contribution in [3.8, 4) is 0 Å². The predicted molar refractivity (Wildman–Crippen MR) is 48.7 cm³/mol. The minimum Gasteiger partial charge on any atom is -0.434 e. The first-order valence-electron chi connectivity index (χ1n) is 4.59. The highest BCUT2D eigenvalue weighted by Gasteiger charge is 2.01. The van der Waals surface area contributed by atoms with Crippen LogP contribution >= 0.6 is 0 Å². The van der Waals surface area contributed by atoms with Gasteiger partial charge in [-0.3, -0.25) is 0 Å². The molecule has 4 nitrogen and oxygen atoms in total. The maximum absolute atomic E-state index is 10.8. The van der Waals surface area contributed by atoms with Crippen molar-refractivity contribution < 1.29 is 19.0 Å². The molecule has 0 saturated carbocycles. The van der Waals surface area contributed by atoms with Crippen LogP contribution in [0.5, 0.6) is 0 Å². The van der Waals surface area contributed by atoms with Gasteiger partial charge in [-0.15, -0.1) is 0 Å². The highest BCUT2D eigenvalue weighted by molar-refractivity contribution is 5.59. The highest BCUT2D eigenvalue weighted by atomic mass is 16.7. The fourth-order valence-electron chi connectivity index (χ4n) is 0.758. The molecule has 0 aliphatic heterocycles. The van der Waals surface area contributed by atoms with Gasteiger partial charge in [0, 0.05) is 7.11 Å². The summed E-state index contributed by atoms with van der Waals surface area (Å²) in [5.74, 6) is 0. The molecule has 4 heteroatoms. The topological polar surface area (TPSA) is 44.8 Å². The third-order valence-electron chi connectivity index (χ3n) is 1.48. The Bertz CT molecular complexity index is 125. The fraction of sp³-hybridized carbons (Fsp3) is 0.889. The van der Waals surface area contributed by atoms with Gasteiger partial charge >= 0.3 is 6.16 Å². The maximum Gasteiger partial charge on any atom is 0.508 e. The van der Waals surface area contributed by atoms with Gasteiger partial charge < -0.3 is 14.2 Å². The molecule has 78 valence electrons. The van der Waals surface area contributed by atoms with Gasteiger partial charge in [0.25, 0.3) is 0 Å². The summed E-state index contributed by atoms with van der Waals surface area (Å²) in [6.45, 7) is 3.20. The first-order chi connectivity index (χ1) is 6.31. The number of ether oxygens (including phenoxy) is 3. The number of carbonyl (C=O) groups is 1. The van der Waals surface area contributed by atoms with Crippen molar-refractivity contribution in [3.63, 3.8) is 0 Å². The van der Waals surface area contributed by atoms with Crippen molar-refractivity contribution in [1.29, 1.82) is 0 Å². The van der Waals surface area contributed by atoms with Gasteiger partial charge in [-0.1, -0.05) is 19.8 Å². The second kappa shape index (κ2) is 9.32. The lowest BCUT2D eigenvalue weighted by Gasteiger charge is -2.04. The van der Waals surface area contributed by atoms with Gasteiger partial charge in [-0.2, -0.15) is 0 Å². The largest absolute Gasteiger partial charge is 0.508 e. The van der Waals surface area contributed by atoms with Crippen LogP contribution in [0, 0.1) is 0 Å². The number of hydrogen-bond acceptors (Lipinski definition) is 4. The molecular formula is C9H18O4. The summed E-state index contributed by atoms with van der Waals surface area (Å²) in [6, 6.07) is 0. The molecule has 0 rings (SSSR count). The molecule has 0 unspecified atom stereocenters. The number of hydrogen-bond donors (Lipinski definition) is 0. The summed E-state index contributed by atoms with van der Waals surface area (Å²) in [5, 5.41) is 0. The second-order valence-corrected chi connectivity index (χ2v) is 2.65. The van der Waals surface area contributed by atoms with Gasteiger partial charge in [0.05, 0.1) is 13.2 Å². The first-order valence-corrected chi connectivity index (χ1v) is 4.59. The average molecular weight is 190 g/mol. The minimum atomic E-state index is -0.604. The zero-order valence-electron chi connectivity index (χ0n) is 8.38. The number of methoxy groups -OCH3 is 1. The van der Waals surface area contributed by atoms with Crippen LogP contribution < -0.4 is 0 Å². The molecule has 0 atom stereocenters. The number of unbranched alkanes of at least 4 members (excludes halogenated alkanes) is 2. The van der Waals surface area contributed by atoms with Crippen LogP contribution in [0.4, 0.5) is 4.79 Å². The van der Waals surface area contributed by atoms with E-state index in [9.17, 15) is 4.79 Å². The third-order valence-corrected chi connectivity index (χ3v) is 1.48. The Morgan fingerprint density at radius 2 is 1.77 bits per heavy atom. The monoisotopic (exact) mass is 190 g/mol. The van der Waals surface area contributed by atoms with E-state index in [1.54, 1.807) is 7.11 Å². The molecule has 0 aromatic carbocycles. The summed E-state index contributed by atoms with van der Waals surface area (Å²) in [5.41, 5.74) is 0. The third kappa shape index (κ3) is 9.14. The van der Waals surface area contributed by atoms with Gasteiger partial charge in [0.15, 0.2) is 0 Å². The molecule has 0 aliphatic carbocycles. The van der Waals surface area contributed by atoms with Crippen LogP contribution in [-0.4, -0.2) is 33.1 Å². The smallest absolute Gasteiger partial charge is 0.434 e. The van der Waals surface area contributed by atoms with Gasteiger partial charge in [-0.05, 0) is 6.42 Å². The molecule has 0 bridgehead atoms. The Kier molecular flexibility index (Phi) is 8.77. The van der Waals surface area contributed by atoms with Crippen molar-refractivity contribution in [2.75, 3.05) is 26.9 Å². The molecule has 0 saturated heterocycles. The van der Waals surface area contributed by atoms with Crippen molar-refractivity contribution in [2.24, 2.45) is 0 Å². The normalized spacial score (nSPS) is 9.69. The van der Waals surface area contributed by atoms with E-state index >= 15 is 0 Å². The SMILES string of the molecule is CCCCCOC(=O)OCCOC. The summed E-state index contributed by atoms with van der Waals surface area (Å²) >= 11 is 0. The number of carbonyl (C=O) groups excluding carboxylic acids is 1. The summed E-state index contributed by atoms with van der Waals surface area (Å²) < 4.78 is 14.2. The maximum atomic E-state index is 10.8. The molecule has 0 aromatic heterocycles. The Morgan fingerprint density at radius 1 is 1.08 bits per heavy atom. The fourth-order valence-corrected chi connectivity index (χ4v) is 0.758. The van der Waals surface area contributed by atoms with E-state index in [2.05, 4.69) is 11.7 Å². The minimum absolute atomic E-state index is 0.253. The summed E-state index contributed by atoms with van der Waals surface area (Å²) in [6.07, 6.45) is 2.48. The van der Waals surface area contributed by atoms with Crippen LogP contribution in [0.15, 0.2) is 0 Å². The lowest BCUT2D eigenvalue weighted by Crippen LogP contribution is -2.11. The van der Waals surface area contributed by atoms with Crippen LogP contribution in [0.2, 0.25) is 0 Å². The Hall–Kier alpha value is -0.770. The lowest BCUT2D eigenvalue weighted by atomic mass is 10.3. The summed E-state index contributed by atoms with van der Waals surface area (Å²) in [7, 11) is 1.55. The van der Waals surface area contributed by atoms with Crippen molar-refractivity contribution >= 4 is 6.16 Å². The van der Waals surface area contributed by atoms with E-state index in [4.69, 9.17) is 9.47 Å². The molecule has 13 heavy (non-hydrogen) atoms. The van der Waals surface area contributed by atoms with Crippen molar-refractivity contribution in [3.05, 3.63) is 0 Å². The highest BCUT2D eigenvalue weighted by Crippen LogP contribution is 1.95. The van der Waals surface area contributed by atoms with Crippen LogP contribution in [0.25, 0.3) is 0 Å². The Labute approximate surface area is 79.2 Å². The van der Waals surface area contributed by atoms with Gasteiger partial charge in [0.1, 0.15) is 6.61 Å². The van der Waals surface area contributed by atoms with Crippen molar-refractivity contribution in [1.82, 2.24) is 0 Å². The molecule has 0 N–H and O–H groups in total. The van der Waals surface area contributed by atoms with E-state index in [0.717, 1.165) is 19.3 Å². The number of rotatable bonds is 7. The Balaban J connectivity index is 3.11. The van der Waals surface area contributed by atoms with Crippen LogP contribution in [0.1, 0.15) is 26.2 Å². The lowest BCUT2D eigenvalue weighted by molar-refractivity contribution is 0.0358. The summed E-state index contributed by atoms with van der Waals surface area (Å²) in [4.78, 5) is 10.8. The molecule has 0 aromatic rings. The zero-order chi connectivity index (χ0) is 9.94. The zero-order valence-corrected chi connectivity index (χ0v) is 8.38. The molecule has 0 fully saturated rings. The molecule has 0 heterocycles. The molecular weight excluding hydrogens is 172 g/mol. The van der Waals surface area contributed by atoms with E-state index in [-0.39, 0.29) is 6.61 Å². The first kappa shape index (κ1) is 12.2. The molecule has 0 spiro atoms. The van der Waals surface area contributed by atoms with E-state index in [1.807, 2.05) is 0 Å². The average Bonchev–Trinajstić information content (AvgIpc) is 2.13. The van der Waals surface area contributed by atoms with E-state index < -0.39 is 6.16 Å². The van der Waals surface area contributed by atoms with E-state index in [0.29, 0.717) is 13.2 Å². The van der Waals surface area contributed by atoms with Crippen molar-refractivity contribution in [2.45, 2.75) is 26.2 Å². The molecule has 0 amide bonds. The molecule has 0 aliphatic rings. The van der Waals surface area contributed by atoms with Crippen LogP contribution in [0.3, 0.4) is 0 Å². The van der Waals surface area contributed by atoms with E-state index in [1.165, 1.54) is 0 Å². The van der Waals surface area contributed by atoms with Crippen LogP contribution in [-0.2, 0) is 14.2 Å². The standard InChI is InChI=1S/C9H18O4/c1-3-4-5-6-12-9(10)13-8-7-11-2/h3-8H2,1-2H3. The van der Waals surface area contributed by atoms with Gasteiger partial charge in [-0.25, -0.2) is 4.79 Å². The second-order valence-electron chi connectivity index (χ2n) is 2.65.